The van der Waals surface area contributed by atoms with Crippen LogP contribution in [0.2, 0.25) is 0 Å². The maximum atomic E-state index is 11.9. The molecule has 0 fully saturated rings. The second-order valence-corrected chi connectivity index (χ2v) is 5.96. The quantitative estimate of drug-likeness (QED) is 0.468. The van der Waals surface area contributed by atoms with Crippen molar-refractivity contribution in [2.75, 3.05) is 6.61 Å². The van der Waals surface area contributed by atoms with Crippen molar-refractivity contribution in [2.45, 2.75) is 26.8 Å². The molecule has 1 amide bonds. The molecule has 26 heavy (non-hydrogen) atoms. The van der Waals surface area contributed by atoms with Crippen LogP contribution < -0.4 is 5.32 Å². The molecule has 0 heterocycles. The first-order valence-electron chi connectivity index (χ1n) is 8.13. The molecule has 7 nitrogen and oxygen atoms in total. The Balaban J connectivity index is 1.87. The number of rotatable bonds is 7. The highest BCUT2D eigenvalue weighted by Crippen LogP contribution is 2.17. The van der Waals surface area contributed by atoms with Crippen molar-refractivity contribution in [1.29, 1.82) is 0 Å². The topological polar surface area (TPSA) is 93.8 Å². The average Bonchev–Trinajstić information content (AvgIpc) is 2.61. The van der Waals surface area contributed by atoms with E-state index in [1.165, 1.54) is 17.8 Å². The zero-order valence-corrected chi connectivity index (χ0v) is 14.9. The van der Waals surface area contributed by atoms with Gasteiger partial charge in [-0.1, -0.05) is 35.5 Å². The number of hydrogen-bond donors (Lipinski definition) is 1. The van der Waals surface area contributed by atoms with Crippen LogP contribution in [0.1, 0.15) is 35.2 Å². The summed E-state index contributed by atoms with van der Waals surface area (Å²) in [6.45, 7) is 5.67. The molecule has 0 radical (unpaired) electrons. The predicted octanol–water partition coefficient (Wildman–Crippen LogP) is 3.44. The third-order valence-electron chi connectivity index (χ3n) is 4.00. The molecular formula is C19H21N3O4. The van der Waals surface area contributed by atoms with E-state index in [4.69, 9.17) is 4.84 Å². The summed E-state index contributed by atoms with van der Waals surface area (Å²) in [5.74, 6) is -0.324. The van der Waals surface area contributed by atoms with Crippen LogP contribution in [0.3, 0.4) is 0 Å². The van der Waals surface area contributed by atoms with Gasteiger partial charge in [-0.3, -0.25) is 14.9 Å². The number of nitrogens with one attached hydrogen (secondary N) is 1. The van der Waals surface area contributed by atoms with Crippen LogP contribution in [-0.4, -0.2) is 23.7 Å². The molecule has 0 saturated heterocycles. The molecule has 1 N–H and O–H groups in total. The summed E-state index contributed by atoms with van der Waals surface area (Å²) in [4.78, 5) is 27.3. The van der Waals surface area contributed by atoms with Gasteiger partial charge in [0.05, 0.1) is 22.7 Å². The number of benzene rings is 2. The van der Waals surface area contributed by atoms with Gasteiger partial charge in [-0.05, 0) is 43.5 Å². The molecule has 2 rings (SSSR count). The van der Waals surface area contributed by atoms with Gasteiger partial charge in [0.2, 0.25) is 0 Å². The van der Waals surface area contributed by atoms with Crippen molar-refractivity contribution >= 4 is 17.8 Å². The van der Waals surface area contributed by atoms with E-state index in [1.807, 2.05) is 39.0 Å². The van der Waals surface area contributed by atoms with Gasteiger partial charge in [0.15, 0.2) is 6.61 Å². The van der Waals surface area contributed by atoms with Crippen molar-refractivity contribution in [3.05, 3.63) is 74.8 Å². The largest absolute Gasteiger partial charge is 0.386 e. The second-order valence-electron chi connectivity index (χ2n) is 5.96. The Morgan fingerprint density at radius 1 is 1.27 bits per heavy atom. The van der Waals surface area contributed by atoms with Gasteiger partial charge >= 0.3 is 0 Å². The standard InChI is InChI=1S/C19H21N3O4/c1-13-8-9-16(10-14(13)2)15(3)21-19(23)12-26-20-11-17-6-4-5-7-18(17)22(24)25/h4-11,15H,12H2,1-3H3,(H,21,23)/b20-11+. The molecule has 2 aromatic carbocycles. The third-order valence-corrected chi connectivity index (χ3v) is 4.00. The monoisotopic (exact) mass is 355 g/mol. The number of hydrogen-bond acceptors (Lipinski definition) is 5. The molecule has 0 spiro atoms. The smallest absolute Gasteiger partial charge is 0.278 e. The Labute approximate surface area is 151 Å². The van der Waals surface area contributed by atoms with Crippen molar-refractivity contribution < 1.29 is 14.6 Å². The number of para-hydroxylation sites is 1. The summed E-state index contributed by atoms with van der Waals surface area (Å²) in [5, 5.41) is 17.4. The SMILES string of the molecule is Cc1ccc(C(C)NC(=O)CO/N=C/c2ccccc2[N+](=O)[O-])cc1C. The molecule has 0 bridgehead atoms. The number of nitro groups is 1. The van der Waals surface area contributed by atoms with Crippen LogP contribution in [0, 0.1) is 24.0 Å². The number of nitrogens with zero attached hydrogens (tertiary/aromatic N) is 2. The summed E-state index contributed by atoms with van der Waals surface area (Å²) in [5.41, 5.74) is 3.59. The zero-order valence-electron chi connectivity index (χ0n) is 14.9. The molecule has 0 saturated carbocycles. The summed E-state index contributed by atoms with van der Waals surface area (Å²) in [6.07, 6.45) is 1.22. The molecule has 136 valence electrons. The Kier molecular flexibility index (Phi) is 6.43. The first kappa shape index (κ1) is 19.1. The van der Waals surface area contributed by atoms with Crippen molar-refractivity contribution in [3.8, 4) is 0 Å². The Bertz CT molecular complexity index is 833. The first-order valence-corrected chi connectivity index (χ1v) is 8.13. The van der Waals surface area contributed by atoms with Gasteiger partial charge in [0, 0.05) is 6.07 Å². The average molecular weight is 355 g/mol. The van der Waals surface area contributed by atoms with Gasteiger partial charge in [-0.2, -0.15) is 0 Å². The normalized spacial score (nSPS) is 12.0. The van der Waals surface area contributed by atoms with Crippen LogP contribution in [0.15, 0.2) is 47.6 Å². The summed E-state index contributed by atoms with van der Waals surface area (Å²) in [6, 6.07) is 12.0. The van der Waals surface area contributed by atoms with Crippen LogP contribution in [0.5, 0.6) is 0 Å². The lowest BCUT2D eigenvalue weighted by atomic mass is 10.0. The molecule has 1 atom stereocenters. The Morgan fingerprint density at radius 3 is 2.69 bits per heavy atom. The maximum absolute atomic E-state index is 11.9. The molecule has 2 aromatic rings. The first-order chi connectivity index (χ1) is 12.4. The minimum atomic E-state index is -0.501. The van der Waals surface area contributed by atoms with Gasteiger partial charge in [-0.15, -0.1) is 0 Å². The van der Waals surface area contributed by atoms with Crippen LogP contribution >= 0.6 is 0 Å². The van der Waals surface area contributed by atoms with E-state index in [-0.39, 0.29) is 24.2 Å². The minimum absolute atomic E-state index is 0.0762. The second kappa shape index (κ2) is 8.75. The van der Waals surface area contributed by atoms with Crippen LogP contribution in [0.25, 0.3) is 0 Å². The van der Waals surface area contributed by atoms with Crippen LogP contribution in [0.4, 0.5) is 5.69 Å². The maximum Gasteiger partial charge on any atom is 0.278 e. The number of amides is 1. The number of nitro benzene ring substituents is 1. The van der Waals surface area contributed by atoms with Gasteiger partial charge in [0.1, 0.15) is 0 Å². The van der Waals surface area contributed by atoms with Gasteiger partial charge in [0.25, 0.3) is 11.6 Å². The fourth-order valence-corrected chi connectivity index (χ4v) is 2.35. The third kappa shape index (κ3) is 5.14. The number of carbonyl (C=O) groups excluding carboxylic acids is 1. The molecular weight excluding hydrogens is 334 g/mol. The van der Waals surface area contributed by atoms with E-state index in [9.17, 15) is 14.9 Å². The zero-order chi connectivity index (χ0) is 19.1. The molecule has 7 heteroatoms. The lowest BCUT2D eigenvalue weighted by Gasteiger charge is -2.15. The molecule has 0 aliphatic rings. The van der Waals surface area contributed by atoms with Gasteiger partial charge < -0.3 is 10.2 Å². The van der Waals surface area contributed by atoms with E-state index >= 15 is 0 Å². The van der Waals surface area contributed by atoms with E-state index in [0.717, 1.165) is 11.1 Å². The molecule has 0 aliphatic carbocycles. The summed E-state index contributed by atoms with van der Waals surface area (Å²) in [7, 11) is 0. The van der Waals surface area contributed by atoms with E-state index in [0.29, 0.717) is 5.56 Å². The number of oxime groups is 1. The Morgan fingerprint density at radius 2 is 2.00 bits per heavy atom. The fraction of sp³-hybridized carbons (Fsp3) is 0.263. The van der Waals surface area contributed by atoms with Crippen molar-refractivity contribution in [3.63, 3.8) is 0 Å². The fourth-order valence-electron chi connectivity index (χ4n) is 2.35. The van der Waals surface area contributed by atoms with E-state index < -0.39 is 4.92 Å². The summed E-state index contributed by atoms with van der Waals surface area (Å²) < 4.78 is 0. The van der Waals surface area contributed by atoms with Crippen molar-refractivity contribution in [1.82, 2.24) is 5.32 Å². The molecule has 0 aromatic heterocycles. The highest BCUT2D eigenvalue weighted by molar-refractivity contribution is 5.85. The highest BCUT2D eigenvalue weighted by atomic mass is 16.6. The lowest BCUT2D eigenvalue weighted by Crippen LogP contribution is -2.29. The van der Waals surface area contributed by atoms with E-state index in [1.54, 1.807) is 18.2 Å². The number of aryl methyl sites for hydroxylation is 2. The Hall–Kier alpha value is -3.22. The molecule has 0 aliphatic heterocycles. The highest BCUT2D eigenvalue weighted by Gasteiger charge is 2.12. The summed E-state index contributed by atoms with van der Waals surface area (Å²) >= 11 is 0. The predicted molar refractivity (Wildman–Crippen MR) is 99.1 cm³/mol. The van der Waals surface area contributed by atoms with Crippen LogP contribution in [-0.2, 0) is 9.63 Å². The minimum Gasteiger partial charge on any atom is -0.386 e. The molecule has 1 unspecified atom stereocenters. The lowest BCUT2D eigenvalue weighted by molar-refractivity contribution is -0.385. The van der Waals surface area contributed by atoms with Crippen molar-refractivity contribution in [2.24, 2.45) is 5.16 Å². The number of carbonyl (C=O) groups is 1. The van der Waals surface area contributed by atoms with Gasteiger partial charge in [-0.25, -0.2) is 0 Å². The van der Waals surface area contributed by atoms with E-state index in [2.05, 4.69) is 10.5 Å².